The molecule has 0 saturated heterocycles. The zero-order chi connectivity index (χ0) is 36.3. The molecule has 1 heterocycles. The third-order valence-electron chi connectivity index (χ3n) is 11.6. The molecule has 11 rings (SSSR count). The predicted octanol–water partition coefficient (Wildman–Crippen LogP) is 13.8. The zero-order valence-electron chi connectivity index (χ0n) is 30.2. The van der Waals surface area contributed by atoms with Crippen molar-refractivity contribution in [3.63, 3.8) is 0 Å². The van der Waals surface area contributed by atoms with E-state index in [9.17, 15) is 0 Å². The first kappa shape index (κ1) is 31.4. The summed E-state index contributed by atoms with van der Waals surface area (Å²) >= 11 is 0. The van der Waals surface area contributed by atoms with Crippen LogP contribution < -0.4 is 4.90 Å². The van der Waals surface area contributed by atoms with E-state index in [0.29, 0.717) is 0 Å². The second kappa shape index (κ2) is 12.5. The number of fused-ring (bicyclic) bond motifs is 7. The minimum Gasteiger partial charge on any atom is -0.310 e. The van der Waals surface area contributed by atoms with E-state index in [2.05, 4.69) is 228 Å². The van der Waals surface area contributed by atoms with Gasteiger partial charge in [-0.25, -0.2) is 0 Å². The highest BCUT2D eigenvalue weighted by molar-refractivity contribution is 6.10. The van der Waals surface area contributed by atoms with Crippen LogP contribution in [-0.4, -0.2) is 4.57 Å². The van der Waals surface area contributed by atoms with Crippen molar-refractivity contribution in [1.82, 2.24) is 4.57 Å². The Kier molecular flexibility index (Phi) is 7.11. The van der Waals surface area contributed by atoms with Crippen molar-refractivity contribution < 1.29 is 0 Å². The van der Waals surface area contributed by atoms with Crippen molar-refractivity contribution in [3.8, 4) is 16.8 Å². The molecule has 1 aliphatic carbocycles. The average molecular weight is 701 g/mol. The van der Waals surface area contributed by atoms with E-state index in [1.807, 2.05) is 0 Å². The summed E-state index contributed by atoms with van der Waals surface area (Å²) in [7, 11) is 0. The first-order valence-electron chi connectivity index (χ1n) is 19.0. The molecule has 1 aliphatic rings. The van der Waals surface area contributed by atoms with Gasteiger partial charge in [0.15, 0.2) is 0 Å². The molecule has 0 spiro atoms. The van der Waals surface area contributed by atoms with Gasteiger partial charge in [-0.15, -0.1) is 0 Å². The molecule has 0 unspecified atom stereocenters. The van der Waals surface area contributed by atoms with E-state index in [-0.39, 0.29) is 0 Å². The van der Waals surface area contributed by atoms with E-state index < -0.39 is 5.41 Å². The number of hydrogen-bond donors (Lipinski definition) is 0. The van der Waals surface area contributed by atoms with E-state index in [4.69, 9.17) is 0 Å². The summed E-state index contributed by atoms with van der Waals surface area (Å²) in [6.45, 7) is 0. The van der Waals surface area contributed by atoms with Crippen LogP contribution in [0.2, 0.25) is 0 Å². The van der Waals surface area contributed by atoms with E-state index >= 15 is 0 Å². The summed E-state index contributed by atoms with van der Waals surface area (Å²) in [6.07, 6.45) is 0. The molecule has 0 saturated carbocycles. The van der Waals surface area contributed by atoms with Crippen LogP contribution in [0.3, 0.4) is 0 Å². The fourth-order valence-electron chi connectivity index (χ4n) is 9.31. The molecule has 0 atom stereocenters. The Morgan fingerprint density at radius 1 is 0.345 bits per heavy atom. The van der Waals surface area contributed by atoms with Crippen molar-refractivity contribution in [1.29, 1.82) is 0 Å². The largest absolute Gasteiger partial charge is 0.310 e. The van der Waals surface area contributed by atoms with Gasteiger partial charge < -0.3 is 9.47 Å². The summed E-state index contributed by atoms with van der Waals surface area (Å²) in [5.41, 5.74) is 14.0. The molecule has 9 aromatic carbocycles. The van der Waals surface area contributed by atoms with Gasteiger partial charge in [0.2, 0.25) is 0 Å². The molecule has 2 heteroatoms. The van der Waals surface area contributed by atoms with Gasteiger partial charge in [0.1, 0.15) is 0 Å². The molecule has 55 heavy (non-hydrogen) atoms. The smallest absolute Gasteiger partial charge is 0.0714 e. The Hall–Kier alpha value is -7.16. The van der Waals surface area contributed by atoms with Gasteiger partial charge >= 0.3 is 0 Å². The molecule has 0 fully saturated rings. The predicted molar refractivity (Wildman–Crippen MR) is 230 cm³/mol. The van der Waals surface area contributed by atoms with Gasteiger partial charge in [0.25, 0.3) is 0 Å². The van der Waals surface area contributed by atoms with Crippen molar-refractivity contribution in [2.45, 2.75) is 5.41 Å². The first-order valence-corrected chi connectivity index (χ1v) is 19.0. The first-order chi connectivity index (χ1) is 27.3. The molecule has 0 radical (unpaired) electrons. The van der Waals surface area contributed by atoms with Crippen LogP contribution in [0.1, 0.15) is 22.3 Å². The Bertz CT molecular complexity index is 3000. The monoisotopic (exact) mass is 700 g/mol. The van der Waals surface area contributed by atoms with Crippen LogP contribution in [0.5, 0.6) is 0 Å². The van der Waals surface area contributed by atoms with Crippen molar-refractivity contribution >= 4 is 49.6 Å². The summed E-state index contributed by atoms with van der Waals surface area (Å²) in [5, 5.41) is 4.91. The minimum atomic E-state index is -0.497. The van der Waals surface area contributed by atoms with E-state index in [1.165, 1.54) is 66.0 Å². The molecule has 0 amide bonds. The maximum Gasteiger partial charge on any atom is 0.0714 e. The molecule has 1 aromatic heterocycles. The fourth-order valence-corrected chi connectivity index (χ4v) is 9.31. The number of hydrogen-bond acceptors (Lipinski definition) is 1. The standard InChI is InChI=1S/C53H36N2/c1-3-18-39(19-4-1)53(49-27-12-9-24-45(49)46-25-10-13-28-50(46)53)40-20-15-23-42(35-40)54(43-31-30-37-16-7-8-17-38(37)34-43)44-32-33-48-47-26-11-14-29-51(47)55(52(48)36-44)41-21-5-2-6-22-41/h1-36H. The number of nitrogens with zero attached hydrogens (tertiary/aromatic N) is 2. The van der Waals surface area contributed by atoms with Gasteiger partial charge in [0.05, 0.1) is 16.4 Å². The second-order valence-corrected chi connectivity index (χ2v) is 14.5. The molecule has 258 valence electrons. The number of para-hydroxylation sites is 2. The molecule has 2 nitrogen and oxygen atoms in total. The summed E-state index contributed by atoms with van der Waals surface area (Å²) in [5.74, 6) is 0. The van der Waals surface area contributed by atoms with Crippen LogP contribution in [0.25, 0.3) is 49.4 Å². The lowest BCUT2D eigenvalue weighted by atomic mass is 9.67. The highest BCUT2D eigenvalue weighted by Gasteiger charge is 2.46. The summed E-state index contributed by atoms with van der Waals surface area (Å²) in [6, 6.07) is 80.1. The lowest BCUT2D eigenvalue weighted by molar-refractivity contribution is 0.768. The normalized spacial score (nSPS) is 12.9. The Morgan fingerprint density at radius 3 is 1.69 bits per heavy atom. The molecular formula is C53H36N2. The lowest BCUT2D eigenvalue weighted by Crippen LogP contribution is -2.28. The van der Waals surface area contributed by atoms with Gasteiger partial charge in [-0.3, -0.25) is 0 Å². The van der Waals surface area contributed by atoms with Crippen LogP contribution in [0, 0.1) is 0 Å². The molecule has 0 aliphatic heterocycles. The maximum absolute atomic E-state index is 2.44. The highest BCUT2D eigenvalue weighted by Crippen LogP contribution is 2.56. The topological polar surface area (TPSA) is 8.17 Å². The Labute approximate surface area is 320 Å². The molecule has 0 bridgehead atoms. The van der Waals surface area contributed by atoms with Gasteiger partial charge in [-0.2, -0.15) is 0 Å². The minimum absolute atomic E-state index is 0.497. The summed E-state index contributed by atoms with van der Waals surface area (Å²) < 4.78 is 2.40. The molecular weight excluding hydrogens is 665 g/mol. The van der Waals surface area contributed by atoms with Gasteiger partial charge in [-0.05, 0) is 98.8 Å². The van der Waals surface area contributed by atoms with Crippen molar-refractivity contribution in [3.05, 3.63) is 241 Å². The highest BCUT2D eigenvalue weighted by atomic mass is 15.1. The molecule has 10 aromatic rings. The zero-order valence-corrected chi connectivity index (χ0v) is 30.2. The van der Waals surface area contributed by atoms with E-state index in [1.54, 1.807) is 0 Å². The number of anilines is 3. The van der Waals surface area contributed by atoms with Crippen molar-refractivity contribution in [2.75, 3.05) is 4.90 Å². The lowest BCUT2D eigenvalue weighted by Gasteiger charge is -2.35. The fraction of sp³-hybridized carbons (Fsp3) is 0.0189. The summed E-state index contributed by atoms with van der Waals surface area (Å²) in [4.78, 5) is 2.44. The number of aromatic nitrogens is 1. The van der Waals surface area contributed by atoms with Crippen LogP contribution in [0.4, 0.5) is 17.1 Å². The number of rotatable bonds is 6. The van der Waals surface area contributed by atoms with Gasteiger partial charge in [0, 0.05) is 33.5 Å². The van der Waals surface area contributed by atoms with Gasteiger partial charge in [-0.1, -0.05) is 164 Å². The second-order valence-electron chi connectivity index (χ2n) is 14.5. The average Bonchev–Trinajstić information content (AvgIpc) is 3.75. The van der Waals surface area contributed by atoms with E-state index in [0.717, 1.165) is 22.7 Å². The molecule has 0 N–H and O–H groups in total. The van der Waals surface area contributed by atoms with Crippen LogP contribution in [-0.2, 0) is 5.41 Å². The van der Waals surface area contributed by atoms with Crippen molar-refractivity contribution in [2.24, 2.45) is 0 Å². The quantitative estimate of drug-likeness (QED) is 0.168. The van der Waals surface area contributed by atoms with Crippen LogP contribution >= 0.6 is 0 Å². The van der Waals surface area contributed by atoms with Crippen LogP contribution in [0.15, 0.2) is 218 Å². The SMILES string of the molecule is c1ccc(-n2c3ccccc3c3ccc(N(c4cccc(C5(c6ccccc6)c6ccccc6-c6ccccc65)c4)c4ccc5ccccc5c4)cc32)cc1. The Balaban J connectivity index is 1.19. The third-order valence-corrected chi connectivity index (χ3v) is 11.6. The third kappa shape index (κ3) is 4.75. The maximum atomic E-state index is 2.44. The number of benzene rings is 9. The Morgan fingerprint density at radius 2 is 0.909 bits per heavy atom.